The van der Waals surface area contributed by atoms with Crippen molar-refractivity contribution in [3.05, 3.63) is 40.8 Å². The fourth-order valence-corrected chi connectivity index (χ4v) is 1.50. The first kappa shape index (κ1) is 11.1. The van der Waals surface area contributed by atoms with Crippen LogP contribution in [0.4, 0.5) is 0 Å². The van der Waals surface area contributed by atoms with Gasteiger partial charge in [0.25, 0.3) is 0 Å². The normalized spacial score (nSPS) is 10.7. The highest BCUT2D eigenvalue weighted by atomic mass is 32.2. The number of carbonyl (C=O) groups excluding carboxylic acids is 1. The predicted octanol–water partition coefficient (Wildman–Crippen LogP) is 3.61. The Morgan fingerprint density at radius 2 is 2.00 bits per heavy atom. The van der Waals surface area contributed by atoms with Gasteiger partial charge in [-0.2, -0.15) is 0 Å². The number of ketones is 1. The quantitative estimate of drug-likeness (QED) is 0.700. The minimum Gasteiger partial charge on any atom is -0.295 e. The first-order valence-electron chi connectivity index (χ1n) is 4.63. The van der Waals surface area contributed by atoms with Gasteiger partial charge in [-0.05, 0) is 29.7 Å². The number of carbonyl (C=O) groups is 1. The number of rotatable bonds is 4. The Labute approximate surface area is 89.2 Å². The van der Waals surface area contributed by atoms with Crippen LogP contribution in [0.1, 0.15) is 29.8 Å². The van der Waals surface area contributed by atoms with E-state index in [-0.39, 0.29) is 5.78 Å². The maximum absolute atomic E-state index is 11.0. The van der Waals surface area contributed by atoms with Crippen LogP contribution in [0.15, 0.2) is 29.7 Å². The van der Waals surface area contributed by atoms with Crippen LogP contribution in [0.3, 0.4) is 0 Å². The summed E-state index contributed by atoms with van der Waals surface area (Å²) in [5.41, 5.74) is 1.90. The maximum Gasteiger partial charge on any atom is 0.159 e. The third-order valence-electron chi connectivity index (χ3n) is 1.84. The van der Waals surface area contributed by atoms with Crippen LogP contribution in [0.2, 0.25) is 0 Å². The van der Waals surface area contributed by atoms with E-state index in [0.717, 1.165) is 16.9 Å². The molecule has 0 unspecified atom stereocenters. The van der Waals surface area contributed by atoms with Crippen molar-refractivity contribution in [3.63, 3.8) is 0 Å². The van der Waals surface area contributed by atoms with Crippen LogP contribution in [0, 0.1) is 0 Å². The SMILES string of the molecule is CCSC=Cc1ccc(C(C)=O)cc1. The minimum atomic E-state index is 0.114. The summed E-state index contributed by atoms with van der Waals surface area (Å²) in [7, 11) is 0. The molecule has 0 heterocycles. The van der Waals surface area contributed by atoms with Crippen molar-refractivity contribution in [1.82, 2.24) is 0 Å². The van der Waals surface area contributed by atoms with Crippen molar-refractivity contribution < 1.29 is 4.79 Å². The monoisotopic (exact) mass is 206 g/mol. The Morgan fingerprint density at radius 1 is 1.36 bits per heavy atom. The predicted molar refractivity (Wildman–Crippen MR) is 63.6 cm³/mol. The molecule has 0 atom stereocenters. The van der Waals surface area contributed by atoms with E-state index in [0.29, 0.717) is 0 Å². The highest BCUT2D eigenvalue weighted by Crippen LogP contribution is 2.09. The average Bonchev–Trinajstić information content (AvgIpc) is 2.19. The second-order valence-electron chi connectivity index (χ2n) is 2.94. The molecule has 1 aromatic carbocycles. The summed E-state index contributed by atoms with van der Waals surface area (Å²) in [6.07, 6.45) is 2.05. The molecule has 0 aromatic heterocycles. The molecule has 0 aliphatic rings. The van der Waals surface area contributed by atoms with Crippen molar-refractivity contribution in [2.45, 2.75) is 13.8 Å². The van der Waals surface area contributed by atoms with E-state index in [1.165, 1.54) is 0 Å². The standard InChI is InChI=1S/C12H14OS/c1-3-14-9-8-11-4-6-12(7-5-11)10(2)13/h4-9H,3H2,1-2H3. The average molecular weight is 206 g/mol. The van der Waals surface area contributed by atoms with Crippen molar-refractivity contribution in [3.8, 4) is 0 Å². The summed E-state index contributed by atoms with van der Waals surface area (Å²) in [6.45, 7) is 3.70. The zero-order chi connectivity index (χ0) is 10.4. The zero-order valence-electron chi connectivity index (χ0n) is 8.49. The molecule has 0 N–H and O–H groups in total. The maximum atomic E-state index is 11.0. The molecular weight excluding hydrogens is 192 g/mol. The molecular formula is C12H14OS. The van der Waals surface area contributed by atoms with Gasteiger partial charge in [0.2, 0.25) is 0 Å². The zero-order valence-corrected chi connectivity index (χ0v) is 9.30. The topological polar surface area (TPSA) is 17.1 Å². The molecule has 0 aliphatic heterocycles. The molecule has 0 saturated heterocycles. The smallest absolute Gasteiger partial charge is 0.159 e. The molecule has 74 valence electrons. The molecule has 0 saturated carbocycles. The molecule has 0 aliphatic carbocycles. The summed E-state index contributed by atoms with van der Waals surface area (Å²) in [4.78, 5) is 11.0. The Kier molecular flexibility index (Phi) is 4.47. The van der Waals surface area contributed by atoms with E-state index in [1.807, 2.05) is 24.3 Å². The van der Waals surface area contributed by atoms with Gasteiger partial charge in [-0.25, -0.2) is 0 Å². The van der Waals surface area contributed by atoms with Gasteiger partial charge >= 0.3 is 0 Å². The molecule has 14 heavy (non-hydrogen) atoms. The fourth-order valence-electron chi connectivity index (χ4n) is 1.05. The molecule has 0 amide bonds. The summed E-state index contributed by atoms with van der Waals surface area (Å²) in [6, 6.07) is 7.64. The van der Waals surface area contributed by atoms with E-state index < -0.39 is 0 Å². The number of hydrogen-bond acceptors (Lipinski definition) is 2. The van der Waals surface area contributed by atoms with Gasteiger partial charge in [-0.1, -0.05) is 31.2 Å². The summed E-state index contributed by atoms with van der Waals surface area (Å²) < 4.78 is 0. The summed E-state index contributed by atoms with van der Waals surface area (Å²) >= 11 is 1.77. The van der Waals surface area contributed by atoms with Crippen LogP contribution < -0.4 is 0 Å². The van der Waals surface area contributed by atoms with Crippen LogP contribution >= 0.6 is 11.8 Å². The largest absolute Gasteiger partial charge is 0.295 e. The first-order chi connectivity index (χ1) is 6.74. The lowest BCUT2D eigenvalue weighted by Gasteiger charge is -1.96. The van der Waals surface area contributed by atoms with Crippen LogP contribution in [-0.4, -0.2) is 11.5 Å². The second-order valence-corrected chi connectivity index (χ2v) is 4.12. The van der Waals surface area contributed by atoms with Gasteiger partial charge in [-0.3, -0.25) is 4.79 Å². The molecule has 2 heteroatoms. The number of benzene rings is 1. The summed E-state index contributed by atoms with van der Waals surface area (Å²) in [5, 5.41) is 2.07. The highest BCUT2D eigenvalue weighted by Gasteiger charge is 1.96. The van der Waals surface area contributed by atoms with Crippen LogP contribution in [-0.2, 0) is 0 Å². The first-order valence-corrected chi connectivity index (χ1v) is 5.68. The fraction of sp³-hybridized carbons (Fsp3) is 0.250. The third-order valence-corrected chi connectivity index (χ3v) is 2.50. The van der Waals surface area contributed by atoms with Crippen molar-refractivity contribution in [2.24, 2.45) is 0 Å². The van der Waals surface area contributed by atoms with Crippen LogP contribution in [0.5, 0.6) is 0 Å². The second kappa shape index (κ2) is 5.66. The minimum absolute atomic E-state index is 0.114. The molecule has 0 spiro atoms. The van der Waals surface area contributed by atoms with Crippen molar-refractivity contribution >= 4 is 23.6 Å². The molecule has 0 bridgehead atoms. The summed E-state index contributed by atoms with van der Waals surface area (Å²) in [5.74, 6) is 1.20. The van der Waals surface area contributed by atoms with Gasteiger partial charge in [0.1, 0.15) is 0 Å². The van der Waals surface area contributed by atoms with Crippen molar-refractivity contribution in [2.75, 3.05) is 5.75 Å². The Bertz CT molecular complexity index is 325. The highest BCUT2D eigenvalue weighted by molar-refractivity contribution is 8.02. The van der Waals surface area contributed by atoms with E-state index in [4.69, 9.17) is 0 Å². The van der Waals surface area contributed by atoms with Gasteiger partial charge in [0.15, 0.2) is 5.78 Å². The van der Waals surface area contributed by atoms with Crippen molar-refractivity contribution in [1.29, 1.82) is 0 Å². The van der Waals surface area contributed by atoms with E-state index in [1.54, 1.807) is 18.7 Å². The van der Waals surface area contributed by atoms with E-state index in [9.17, 15) is 4.79 Å². The Balaban J connectivity index is 2.68. The molecule has 0 radical (unpaired) electrons. The third kappa shape index (κ3) is 3.38. The lowest BCUT2D eigenvalue weighted by atomic mass is 10.1. The van der Waals surface area contributed by atoms with Gasteiger partial charge < -0.3 is 0 Å². The molecule has 1 aromatic rings. The lowest BCUT2D eigenvalue weighted by molar-refractivity contribution is 0.101. The number of Topliss-reactive ketones (excluding diaryl/α,β-unsaturated/α-hetero) is 1. The van der Waals surface area contributed by atoms with Gasteiger partial charge in [-0.15, -0.1) is 11.8 Å². The molecule has 1 nitrogen and oxygen atoms in total. The lowest BCUT2D eigenvalue weighted by Crippen LogP contribution is -1.90. The Morgan fingerprint density at radius 3 is 2.50 bits per heavy atom. The number of thioether (sulfide) groups is 1. The van der Waals surface area contributed by atoms with E-state index >= 15 is 0 Å². The van der Waals surface area contributed by atoms with Gasteiger partial charge in [0, 0.05) is 5.56 Å². The number of hydrogen-bond donors (Lipinski definition) is 0. The Hall–Kier alpha value is -1.02. The van der Waals surface area contributed by atoms with Crippen LogP contribution in [0.25, 0.3) is 6.08 Å². The molecule has 1 rings (SSSR count). The van der Waals surface area contributed by atoms with Gasteiger partial charge in [0.05, 0.1) is 0 Å². The molecule has 0 fully saturated rings. The van der Waals surface area contributed by atoms with E-state index in [2.05, 4.69) is 18.4 Å².